The molecule has 1 aromatic heterocycles. The SMILES string of the molecule is Cc1ccc(-c2nc(/N=C(/N)N(C)C)ncc2-c2ccccc2)c(O)c1. The van der Waals surface area contributed by atoms with E-state index in [1.807, 2.05) is 49.4 Å². The molecule has 3 aromatic rings. The molecule has 0 atom stereocenters. The Morgan fingerprint density at radius 3 is 2.46 bits per heavy atom. The molecule has 0 saturated carbocycles. The highest BCUT2D eigenvalue weighted by Gasteiger charge is 2.15. The Hall–Kier alpha value is -3.41. The summed E-state index contributed by atoms with van der Waals surface area (Å²) in [7, 11) is 3.59. The number of aryl methyl sites for hydroxylation is 1. The van der Waals surface area contributed by atoms with E-state index in [0.29, 0.717) is 17.2 Å². The number of nitrogens with two attached hydrogens (primary N) is 1. The molecule has 0 amide bonds. The molecule has 3 rings (SSSR count). The predicted octanol–water partition coefficient (Wildman–Crippen LogP) is 3.33. The highest BCUT2D eigenvalue weighted by Crippen LogP contribution is 2.36. The van der Waals surface area contributed by atoms with E-state index < -0.39 is 0 Å². The van der Waals surface area contributed by atoms with Gasteiger partial charge in [0.1, 0.15) is 5.75 Å². The van der Waals surface area contributed by atoms with Crippen molar-refractivity contribution in [3.05, 3.63) is 60.3 Å². The van der Waals surface area contributed by atoms with Gasteiger partial charge in [-0.25, -0.2) is 9.97 Å². The molecule has 3 N–H and O–H groups in total. The second-order valence-electron chi connectivity index (χ2n) is 6.18. The number of aliphatic imine (C=N–C) groups is 1. The maximum absolute atomic E-state index is 10.4. The van der Waals surface area contributed by atoms with Crippen molar-refractivity contribution in [2.45, 2.75) is 6.92 Å². The van der Waals surface area contributed by atoms with E-state index in [4.69, 9.17) is 5.73 Å². The van der Waals surface area contributed by atoms with Gasteiger partial charge in [0.05, 0.1) is 5.69 Å². The number of aromatic nitrogens is 2. The molecule has 0 unspecified atom stereocenters. The van der Waals surface area contributed by atoms with E-state index in [1.165, 1.54) is 0 Å². The van der Waals surface area contributed by atoms with Crippen molar-refractivity contribution in [1.82, 2.24) is 14.9 Å². The monoisotopic (exact) mass is 347 g/mol. The minimum atomic E-state index is 0.163. The number of nitrogens with zero attached hydrogens (tertiary/aromatic N) is 4. The van der Waals surface area contributed by atoms with Crippen LogP contribution in [0.2, 0.25) is 0 Å². The lowest BCUT2D eigenvalue weighted by Crippen LogP contribution is -2.30. The Kier molecular flexibility index (Phi) is 4.84. The van der Waals surface area contributed by atoms with Gasteiger partial charge in [-0.05, 0) is 30.2 Å². The van der Waals surface area contributed by atoms with E-state index in [1.54, 1.807) is 31.3 Å². The number of phenols is 1. The first-order valence-electron chi connectivity index (χ1n) is 8.19. The summed E-state index contributed by atoms with van der Waals surface area (Å²) in [6.45, 7) is 1.93. The third kappa shape index (κ3) is 3.64. The highest BCUT2D eigenvalue weighted by atomic mass is 16.3. The molecule has 2 aromatic carbocycles. The average molecular weight is 347 g/mol. The number of aromatic hydroxyl groups is 1. The van der Waals surface area contributed by atoms with Crippen LogP contribution in [0, 0.1) is 6.92 Å². The smallest absolute Gasteiger partial charge is 0.253 e. The van der Waals surface area contributed by atoms with Crippen LogP contribution in [0.1, 0.15) is 5.56 Å². The Morgan fingerprint density at radius 1 is 1.08 bits per heavy atom. The summed E-state index contributed by atoms with van der Waals surface area (Å²) in [6, 6.07) is 15.3. The van der Waals surface area contributed by atoms with E-state index in [0.717, 1.165) is 16.7 Å². The van der Waals surface area contributed by atoms with Gasteiger partial charge in [0.15, 0.2) is 5.96 Å². The van der Waals surface area contributed by atoms with Crippen LogP contribution in [-0.4, -0.2) is 40.0 Å². The summed E-state index contributed by atoms with van der Waals surface area (Å²) in [4.78, 5) is 14.8. The Balaban J connectivity index is 2.21. The molecule has 26 heavy (non-hydrogen) atoms. The predicted molar refractivity (Wildman–Crippen MR) is 104 cm³/mol. The summed E-state index contributed by atoms with van der Waals surface area (Å²) in [6.07, 6.45) is 1.71. The normalized spacial score (nSPS) is 11.4. The van der Waals surface area contributed by atoms with E-state index in [9.17, 15) is 5.11 Å². The Bertz CT molecular complexity index is 952. The van der Waals surface area contributed by atoms with Crippen LogP contribution in [0.15, 0.2) is 59.7 Å². The van der Waals surface area contributed by atoms with Gasteiger partial charge in [0.25, 0.3) is 5.95 Å². The third-order valence-electron chi connectivity index (χ3n) is 3.94. The van der Waals surface area contributed by atoms with Crippen molar-refractivity contribution in [1.29, 1.82) is 0 Å². The molecule has 0 radical (unpaired) electrons. The lowest BCUT2D eigenvalue weighted by atomic mass is 9.99. The van der Waals surface area contributed by atoms with Crippen LogP contribution in [-0.2, 0) is 0 Å². The van der Waals surface area contributed by atoms with Crippen LogP contribution in [0.5, 0.6) is 5.75 Å². The van der Waals surface area contributed by atoms with Crippen molar-refractivity contribution in [2.75, 3.05) is 14.1 Å². The van der Waals surface area contributed by atoms with Crippen molar-refractivity contribution in [3.8, 4) is 28.1 Å². The molecule has 6 heteroatoms. The quantitative estimate of drug-likeness (QED) is 0.560. The van der Waals surface area contributed by atoms with Gasteiger partial charge < -0.3 is 15.7 Å². The van der Waals surface area contributed by atoms with E-state index >= 15 is 0 Å². The second kappa shape index (κ2) is 7.23. The minimum absolute atomic E-state index is 0.163. The van der Waals surface area contributed by atoms with E-state index in [-0.39, 0.29) is 11.7 Å². The summed E-state index contributed by atoms with van der Waals surface area (Å²) < 4.78 is 0. The fourth-order valence-corrected chi connectivity index (χ4v) is 2.51. The van der Waals surface area contributed by atoms with E-state index in [2.05, 4.69) is 15.0 Å². The van der Waals surface area contributed by atoms with Gasteiger partial charge in [-0.15, -0.1) is 0 Å². The summed E-state index contributed by atoms with van der Waals surface area (Å²) in [5.74, 6) is 0.707. The molecule has 0 spiro atoms. The molecule has 0 aliphatic rings. The van der Waals surface area contributed by atoms with Gasteiger partial charge in [-0.3, -0.25) is 0 Å². The average Bonchev–Trinajstić information content (AvgIpc) is 2.62. The second-order valence-corrected chi connectivity index (χ2v) is 6.18. The first-order valence-corrected chi connectivity index (χ1v) is 8.19. The summed E-state index contributed by atoms with van der Waals surface area (Å²) >= 11 is 0. The lowest BCUT2D eigenvalue weighted by Gasteiger charge is -2.13. The maximum Gasteiger partial charge on any atom is 0.253 e. The maximum atomic E-state index is 10.4. The fourth-order valence-electron chi connectivity index (χ4n) is 2.51. The number of hydrogen-bond acceptors (Lipinski definition) is 4. The first kappa shape index (κ1) is 17.4. The van der Waals surface area contributed by atoms with Crippen LogP contribution in [0.3, 0.4) is 0 Å². The number of guanidine groups is 1. The molecule has 0 fully saturated rings. The van der Waals surface area contributed by atoms with Gasteiger partial charge in [-0.2, -0.15) is 4.99 Å². The molecule has 0 aliphatic heterocycles. The first-order chi connectivity index (χ1) is 12.5. The van der Waals surface area contributed by atoms with Gasteiger partial charge in [0, 0.05) is 31.4 Å². The summed E-state index contributed by atoms with van der Waals surface area (Å²) in [5, 5.41) is 10.4. The largest absolute Gasteiger partial charge is 0.507 e. The Morgan fingerprint density at radius 2 is 1.81 bits per heavy atom. The molecule has 0 aliphatic carbocycles. The molecule has 1 heterocycles. The zero-order valence-electron chi connectivity index (χ0n) is 15.0. The minimum Gasteiger partial charge on any atom is -0.507 e. The topological polar surface area (TPSA) is 87.6 Å². The van der Waals surface area contributed by atoms with Crippen molar-refractivity contribution in [2.24, 2.45) is 10.7 Å². The van der Waals surface area contributed by atoms with Crippen LogP contribution < -0.4 is 5.73 Å². The fraction of sp³-hybridized carbons (Fsp3) is 0.150. The number of hydrogen-bond donors (Lipinski definition) is 2. The van der Waals surface area contributed by atoms with Crippen molar-refractivity contribution in [3.63, 3.8) is 0 Å². The van der Waals surface area contributed by atoms with Crippen molar-refractivity contribution < 1.29 is 5.11 Å². The van der Waals surface area contributed by atoms with Crippen LogP contribution in [0.25, 0.3) is 22.4 Å². The molecular weight excluding hydrogens is 326 g/mol. The standard InChI is InChI=1S/C20H21N5O/c1-13-9-10-15(17(26)11-13)18-16(14-7-5-4-6-8-14)12-22-20(23-18)24-19(21)25(2)3/h4-12,26H,1-3H3,(H2,21,22,23,24). The summed E-state index contributed by atoms with van der Waals surface area (Å²) in [5.41, 5.74) is 9.85. The molecular formula is C20H21N5O. The molecule has 0 saturated heterocycles. The van der Waals surface area contributed by atoms with Crippen LogP contribution >= 0.6 is 0 Å². The Labute approximate surface area is 152 Å². The number of rotatable bonds is 3. The van der Waals surface area contributed by atoms with Gasteiger partial charge in [-0.1, -0.05) is 36.4 Å². The zero-order valence-corrected chi connectivity index (χ0v) is 15.0. The van der Waals surface area contributed by atoms with Gasteiger partial charge >= 0.3 is 0 Å². The number of phenolic OH excluding ortho intramolecular Hbond substituents is 1. The zero-order chi connectivity index (χ0) is 18.7. The number of benzene rings is 2. The molecule has 0 bridgehead atoms. The molecule has 6 nitrogen and oxygen atoms in total. The molecule has 132 valence electrons. The van der Waals surface area contributed by atoms with Gasteiger partial charge in [0.2, 0.25) is 0 Å². The van der Waals surface area contributed by atoms with Crippen molar-refractivity contribution >= 4 is 11.9 Å². The van der Waals surface area contributed by atoms with Crippen LogP contribution in [0.4, 0.5) is 5.95 Å². The lowest BCUT2D eigenvalue weighted by molar-refractivity contribution is 0.476. The third-order valence-corrected chi connectivity index (χ3v) is 3.94. The highest BCUT2D eigenvalue weighted by molar-refractivity contribution is 5.84.